The fraction of sp³-hybridized carbons (Fsp3) is 0.0909. The van der Waals surface area contributed by atoms with E-state index in [2.05, 4.69) is 18.1 Å². The van der Waals surface area contributed by atoms with Crippen LogP contribution < -0.4 is 20.2 Å². The van der Waals surface area contributed by atoms with Gasteiger partial charge in [-0.1, -0.05) is 24.5 Å². The van der Waals surface area contributed by atoms with Crippen LogP contribution in [0.4, 0.5) is 0 Å². The zero-order valence-corrected chi connectivity index (χ0v) is 17.9. The maximum atomic E-state index is 11.2. The number of carbonyl (C=O) groups is 2. The Bertz CT molecular complexity index is 1350. The van der Waals surface area contributed by atoms with Crippen molar-refractivity contribution in [3.05, 3.63) is 81.0 Å². The molecule has 10 heteroatoms. The van der Waals surface area contributed by atoms with Gasteiger partial charge in [-0.15, -0.1) is 0 Å². The lowest BCUT2D eigenvalue weighted by atomic mass is 10.3. The molecule has 4 rings (SSSR count). The van der Waals surface area contributed by atoms with Gasteiger partial charge < -0.3 is 18.3 Å². The van der Waals surface area contributed by atoms with E-state index in [1.54, 1.807) is 38.1 Å². The van der Waals surface area contributed by atoms with E-state index in [1.807, 2.05) is 0 Å². The highest BCUT2D eigenvalue weighted by Crippen LogP contribution is 2.23. The summed E-state index contributed by atoms with van der Waals surface area (Å²) in [7, 11) is 0. The third-order valence-electron chi connectivity index (χ3n) is 3.81. The number of esters is 2. The first-order chi connectivity index (χ1) is 15.1. The summed E-state index contributed by atoms with van der Waals surface area (Å²) in [6, 6.07) is 9.42. The lowest BCUT2D eigenvalue weighted by molar-refractivity contribution is -0.130. The van der Waals surface area contributed by atoms with Crippen molar-refractivity contribution in [2.75, 3.05) is 0 Å². The predicted octanol–water partition coefficient (Wildman–Crippen LogP) is 3.94. The average Bonchev–Trinajstić information content (AvgIpc) is 3.27. The van der Waals surface area contributed by atoms with E-state index in [0.29, 0.717) is 39.3 Å². The van der Waals surface area contributed by atoms with E-state index in [4.69, 9.17) is 18.3 Å². The molecule has 32 heavy (non-hydrogen) atoms. The van der Waals surface area contributed by atoms with Gasteiger partial charge in [-0.25, -0.2) is 19.2 Å². The van der Waals surface area contributed by atoms with Crippen LogP contribution in [0.25, 0.3) is 21.4 Å². The van der Waals surface area contributed by atoms with Crippen LogP contribution in [0, 0.1) is 0 Å². The zero-order chi connectivity index (χ0) is 23.4. The predicted molar refractivity (Wildman–Crippen MR) is 118 cm³/mol. The second-order valence-corrected chi connectivity index (χ2v) is 7.55. The normalized spacial score (nSPS) is 10.3. The minimum Gasteiger partial charge on any atom is -0.423 e. The molecule has 0 fully saturated rings. The lowest BCUT2D eigenvalue weighted by Gasteiger charge is -2.02. The number of hydrogen-bond donors (Lipinski definition) is 1. The van der Waals surface area contributed by atoms with Crippen molar-refractivity contribution in [2.24, 2.45) is 0 Å². The Morgan fingerprint density at radius 2 is 1.44 bits per heavy atom. The Labute approximate surface area is 184 Å². The number of aromatic nitrogens is 1. The third kappa shape index (κ3) is 5.49. The van der Waals surface area contributed by atoms with Crippen LogP contribution in [-0.2, 0) is 9.59 Å². The van der Waals surface area contributed by atoms with E-state index in [-0.39, 0.29) is 4.94 Å². The number of hydrogen-bond acceptors (Lipinski definition) is 9. The summed E-state index contributed by atoms with van der Waals surface area (Å²) in [5.74, 6) is -0.919. The second-order valence-electron chi connectivity index (χ2n) is 6.57. The molecule has 0 radical (unpaired) electrons. The van der Waals surface area contributed by atoms with Crippen LogP contribution >= 0.6 is 11.3 Å². The van der Waals surface area contributed by atoms with E-state index in [1.165, 1.54) is 12.1 Å². The standard InChI is InChI=1S/C11H9NO4.C11H8O4S/c1-6(2)10(13)15-7-3-4-8-9(5-7)16-11(14)12-8;1-6(2)10(12)14-7-3-4-9-8(5-7)15-11(13)16-9/h3-5H,1H2,2H3,(H,12,14);3-5H,1H2,2H3. The first kappa shape index (κ1) is 22.5. The molecule has 164 valence electrons. The van der Waals surface area contributed by atoms with Gasteiger partial charge in [0.05, 0.1) is 10.2 Å². The number of ether oxygens (including phenoxy) is 2. The number of aromatic amines is 1. The molecule has 2 heterocycles. The summed E-state index contributed by atoms with van der Waals surface area (Å²) in [4.78, 5) is 46.4. The van der Waals surface area contributed by atoms with Gasteiger partial charge in [-0.2, -0.15) is 0 Å². The van der Waals surface area contributed by atoms with Gasteiger partial charge in [0.2, 0.25) is 0 Å². The van der Waals surface area contributed by atoms with Gasteiger partial charge in [0.25, 0.3) is 0 Å². The number of fused-ring (bicyclic) bond motifs is 2. The molecule has 0 amide bonds. The van der Waals surface area contributed by atoms with Crippen LogP contribution in [-0.4, -0.2) is 16.9 Å². The van der Waals surface area contributed by atoms with Crippen molar-refractivity contribution < 1.29 is 27.9 Å². The first-order valence-corrected chi connectivity index (χ1v) is 9.86. The number of oxazole rings is 1. The fourth-order valence-corrected chi connectivity index (χ4v) is 2.94. The summed E-state index contributed by atoms with van der Waals surface area (Å²) in [5, 5.41) is 0. The second kappa shape index (κ2) is 9.31. The highest BCUT2D eigenvalue weighted by molar-refractivity contribution is 7.16. The molecule has 2 aromatic carbocycles. The van der Waals surface area contributed by atoms with Crippen molar-refractivity contribution in [2.45, 2.75) is 13.8 Å². The minimum absolute atomic E-state index is 0.301. The Hall–Kier alpha value is -4.18. The third-order valence-corrected chi connectivity index (χ3v) is 4.62. The van der Waals surface area contributed by atoms with E-state index in [0.717, 1.165) is 16.0 Å². The Morgan fingerprint density at radius 1 is 0.875 bits per heavy atom. The minimum atomic E-state index is -0.543. The van der Waals surface area contributed by atoms with Crippen LogP contribution in [0.5, 0.6) is 11.5 Å². The van der Waals surface area contributed by atoms with Crippen LogP contribution in [0.3, 0.4) is 0 Å². The summed E-state index contributed by atoms with van der Waals surface area (Å²) in [6.07, 6.45) is 0. The van der Waals surface area contributed by atoms with Crippen LogP contribution in [0.15, 0.2) is 79.1 Å². The molecule has 2 aromatic heterocycles. The smallest absolute Gasteiger partial charge is 0.417 e. The van der Waals surface area contributed by atoms with Crippen molar-refractivity contribution >= 4 is 44.7 Å². The molecule has 0 saturated carbocycles. The molecule has 9 nitrogen and oxygen atoms in total. The molecular weight excluding hydrogens is 438 g/mol. The van der Waals surface area contributed by atoms with Gasteiger partial charge in [0.15, 0.2) is 11.2 Å². The Kier molecular flexibility index (Phi) is 6.55. The summed E-state index contributed by atoms with van der Waals surface area (Å²) >= 11 is 1.01. The fourth-order valence-electron chi connectivity index (χ4n) is 2.29. The SMILES string of the molecule is C=C(C)C(=O)Oc1ccc2[nH]c(=O)oc2c1.C=C(C)C(=O)Oc1ccc2sc(=O)oc2c1. The molecule has 4 aromatic rings. The molecule has 0 spiro atoms. The van der Waals surface area contributed by atoms with Crippen molar-refractivity contribution in [1.29, 1.82) is 0 Å². The zero-order valence-electron chi connectivity index (χ0n) is 17.1. The van der Waals surface area contributed by atoms with Gasteiger partial charge in [-0.05, 0) is 38.1 Å². The van der Waals surface area contributed by atoms with Crippen LogP contribution in [0.2, 0.25) is 0 Å². The van der Waals surface area contributed by atoms with Gasteiger partial charge in [0.1, 0.15) is 11.5 Å². The van der Waals surface area contributed by atoms with Gasteiger partial charge in [-0.3, -0.25) is 4.98 Å². The molecule has 0 aliphatic rings. The highest BCUT2D eigenvalue weighted by atomic mass is 32.1. The molecule has 0 aliphatic carbocycles. The summed E-state index contributed by atoms with van der Waals surface area (Å²) in [5.41, 5.74) is 1.93. The van der Waals surface area contributed by atoms with E-state index >= 15 is 0 Å². The number of carbonyl (C=O) groups excluding carboxylic acids is 2. The number of benzene rings is 2. The largest absolute Gasteiger partial charge is 0.423 e. The van der Waals surface area contributed by atoms with Crippen molar-refractivity contribution in [3.8, 4) is 11.5 Å². The van der Waals surface area contributed by atoms with E-state index < -0.39 is 17.7 Å². The molecule has 0 bridgehead atoms. The van der Waals surface area contributed by atoms with Gasteiger partial charge in [0, 0.05) is 23.3 Å². The number of nitrogens with one attached hydrogen (secondary N) is 1. The maximum absolute atomic E-state index is 11.2. The molecule has 1 N–H and O–H groups in total. The number of H-pyrrole nitrogens is 1. The Morgan fingerprint density at radius 3 is 2.03 bits per heavy atom. The molecule has 0 saturated heterocycles. The van der Waals surface area contributed by atoms with Crippen molar-refractivity contribution in [3.63, 3.8) is 0 Å². The lowest BCUT2D eigenvalue weighted by Crippen LogP contribution is -2.07. The molecule has 0 aliphatic heterocycles. The maximum Gasteiger partial charge on any atom is 0.417 e. The first-order valence-electron chi connectivity index (χ1n) is 9.04. The Balaban J connectivity index is 0.000000181. The van der Waals surface area contributed by atoms with E-state index in [9.17, 15) is 19.2 Å². The molecular formula is C22H17NO8S. The topological polar surface area (TPSA) is 129 Å². The van der Waals surface area contributed by atoms with Gasteiger partial charge >= 0.3 is 22.6 Å². The monoisotopic (exact) mass is 455 g/mol. The summed E-state index contributed by atoms with van der Waals surface area (Å²) < 4.78 is 20.4. The van der Waals surface area contributed by atoms with Crippen LogP contribution in [0.1, 0.15) is 13.8 Å². The highest BCUT2D eigenvalue weighted by Gasteiger charge is 2.09. The quantitative estimate of drug-likeness (QED) is 0.278. The molecule has 0 atom stereocenters. The summed E-state index contributed by atoms with van der Waals surface area (Å²) in [6.45, 7) is 10.0. The van der Waals surface area contributed by atoms with Crippen molar-refractivity contribution in [1.82, 2.24) is 4.98 Å². The molecule has 0 unspecified atom stereocenters. The average molecular weight is 455 g/mol. The number of rotatable bonds is 4.